The minimum absolute atomic E-state index is 0.0963. The number of hydrogen-bond donors (Lipinski definition) is 1. The van der Waals surface area contributed by atoms with Crippen molar-refractivity contribution in [3.8, 4) is 5.69 Å². The van der Waals surface area contributed by atoms with E-state index in [0.717, 1.165) is 25.1 Å². The largest absolute Gasteiger partial charge is 0.375 e. The van der Waals surface area contributed by atoms with Crippen molar-refractivity contribution in [2.24, 2.45) is 0 Å². The van der Waals surface area contributed by atoms with Crippen molar-refractivity contribution in [2.45, 2.75) is 38.3 Å². The summed E-state index contributed by atoms with van der Waals surface area (Å²) in [6, 6.07) is 10.2. The molecule has 1 unspecified atom stereocenters. The topological polar surface area (TPSA) is 64.9 Å². The maximum absolute atomic E-state index is 5.73. The van der Waals surface area contributed by atoms with Crippen LogP contribution in [-0.4, -0.2) is 38.5 Å². The van der Waals surface area contributed by atoms with Crippen LogP contribution >= 0.6 is 0 Å². The maximum Gasteiger partial charge on any atom is 0.247 e. The van der Waals surface area contributed by atoms with Crippen molar-refractivity contribution in [3.63, 3.8) is 0 Å². The Balaban J connectivity index is 1.77. The first-order valence-electron chi connectivity index (χ1n) is 6.88. The zero-order chi connectivity index (χ0) is 14.0. The summed E-state index contributed by atoms with van der Waals surface area (Å²) in [6.07, 6.45) is 1.90. The Bertz CT molecular complexity index is 566. The normalized spacial score (nSPS) is 21.6. The molecule has 20 heavy (non-hydrogen) atoms. The van der Waals surface area contributed by atoms with E-state index < -0.39 is 0 Å². The summed E-state index contributed by atoms with van der Waals surface area (Å²) in [5.74, 6) is 0.680. The van der Waals surface area contributed by atoms with Crippen LogP contribution in [0, 0.1) is 0 Å². The highest BCUT2D eigenvalue weighted by molar-refractivity contribution is 5.39. The molecule has 1 aromatic carbocycles. The number of aromatic nitrogens is 4. The molecule has 1 aliphatic heterocycles. The second-order valence-electron chi connectivity index (χ2n) is 5.69. The predicted molar refractivity (Wildman–Crippen MR) is 75.8 cm³/mol. The minimum atomic E-state index is -0.0963. The lowest BCUT2D eigenvalue weighted by molar-refractivity contribution is -0.0554. The first-order chi connectivity index (χ1) is 9.64. The molecule has 1 aliphatic rings. The van der Waals surface area contributed by atoms with Crippen molar-refractivity contribution in [1.29, 1.82) is 0 Å². The predicted octanol–water partition coefficient (Wildman–Crippen LogP) is 2.03. The summed E-state index contributed by atoms with van der Waals surface area (Å²) in [5.41, 5.74) is 0.854. The average Bonchev–Trinajstić information content (AvgIpc) is 2.87. The van der Waals surface area contributed by atoms with Crippen LogP contribution in [0.5, 0.6) is 0 Å². The lowest BCUT2D eigenvalue weighted by Gasteiger charge is -2.35. The molecule has 0 amide bonds. The van der Waals surface area contributed by atoms with E-state index in [4.69, 9.17) is 4.74 Å². The number of benzene rings is 1. The van der Waals surface area contributed by atoms with E-state index in [2.05, 4.69) is 34.7 Å². The van der Waals surface area contributed by atoms with Crippen LogP contribution in [0.25, 0.3) is 5.69 Å². The summed E-state index contributed by atoms with van der Waals surface area (Å²) < 4.78 is 7.46. The maximum atomic E-state index is 5.73. The molecule has 1 N–H and O–H groups in total. The summed E-state index contributed by atoms with van der Waals surface area (Å²) in [4.78, 5) is 0. The molecule has 2 aromatic rings. The Hall–Kier alpha value is -1.95. The van der Waals surface area contributed by atoms with Gasteiger partial charge in [0.25, 0.3) is 0 Å². The van der Waals surface area contributed by atoms with E-state index in [0.29, 0.717) is 12.0 Å². The Labute approximate surface area is 118 Å². The molecule has 1 aromatic heterocycles. The smallest absolute Gasteiger partial charge is 0.247 e. The Morgan fingerprint density at radius 2 is 2.10 bits per heavy atom. The molecular formula is C14H19N5O. The van der Waals surface area contributed by atoms with Crippen molar-refractivity contribution < 1.29 is 4.74 Å². The number of ether oxygens (including phenoxy) is 1. The lowest BCUT2D eigenvalue weighted by atomic mass is 9.94. The molecule has 1 fully saturated rings. The molecule has 0 saturated carbocycles. The van der Waals surface area contributed by atoms with Gasteiger partial charge in [-0.05, 0) is 49.2 Å². The minimum Gasteiger partial charge on any atom is -0.375 e. The molecule has 6 nitrogen and oxygen atoms in total. The summed E-state index contributed by atoms with van der Waals surface area (Å²) in [7, 11) is 0. The number of anilines is 1. The van der Waals surface area contributed by atoms with E-state index in [1.165, 1.54) is 0 Å². The molecule has 0 bridgehead atoms. The SMILES string of the molecule is CC1(C)CC(Nc2nnnn2-c2ccccc2)CCO1. The van der Waals surface area contributed by atoms with Crippen molar-refractivity contribution in [2.75, 3.05) is 11.9 Å². The van der Waals surface area contributed by atoms with E-state index in [-0.39, 0.29) is 5.60 Å². The molecule has 2 heterocycles. The van der Waals surface area contributed by atoms with Gasteiger partial charge in [0.05, 0.1) is 11.3 Å². The highest BCUT2D eigenvalue weighted by Gasteiger charge is 2.29. The van der Waals surface area contributed by atoms with Gasteiger partial charge < -0.3 is 10.1 Å². The van der Waals surface area contributed by atoms with Crippen LogP contribution in [0.4, 0.5) is 5.95 Å². The molecule has 1 atom stereocenters. The fourth-order valence-corrected chi connectivity index (χ4v) is 2.56. The molecule has 0 spiro atoms. The van der Waals surface area contributed by atoms with Gasteiger partial charge in [0.15, 0.2) is 0 Å². The van der Waals surface area contributed by atoms with Crippen LogP contribution in [0.15, 0.2) is 30.3 Å². The lowest BCUT2D eigenvalue weighted by Crippen LogP contribution is -2.40. The number of rotatable bonds is 3. The highest BCUT2D eigenvalue weighted by atomic mass is 16.5. The Kier molecular flexibility index (Phi) is 3.40. The van der Waals surface area contributed by atoms with Crippen molar-refractivity contribution in [1.82, 2.24) is 20.2 Å². The van der Waals surface area contributed by atoms with Crippen LogP contribution in [0.2, 0.25) is 0 Å². The number of nitrogens with one attached hydrogen (secondary N) is 1. The Morgan fingerprint density at radius 3 is 2.85 bits per heavy atom. The van der Waals surface area contributed by atoms with E-state index in [1.807, 2.05) is 30.3 Å². The van der Waals surface area contributed by atoms with Gasteiger partial charge >= 0.3 is 0 Å². The molecular weight excluding hydrogens is 254 g/mol. The van der Waals surface area contributed by atoms with Crippen LogP contribution in [0.3, 0.4) is 0 Å². The first-order valence-corrected chi connectivity index (χ1v) is 6.88. The van der Waals surface area contributed by atoms with Gasteiger partial charge in [-0.25, -0.2) is 0 Å². The summed E-state index contributed by atoms with van der Waals surface area (Å²) >= 11 is 0. The molecule has 0 radical (unpaired) electrons. The summed E-state index contributed by atoms with van der Waals surface area (Å²) in [6.45, 7) is 4.99. The second-order valence-corrected chi connectivity index (χ2v) is 5.69. The number of para-hydroxylation sites is 1. The van der Waals surface area contributed by atoms with Crippen molar-refractivity contribution >= 4 is 5.95 Å². The third-order valence-corrected chi connectivity index (χ3v) is 3.50. The van der Waals surface area contributed by atoms with E-state index in [9.17, 15) is 0 Å². The zero-order valence-corrected chi connectivity index (χ0v) is 11.8. The van der Waals surface area contributed by atoms with Crippen LogP contribution in [-0.2, 0) is 4.74 Å². The van der Waals surface area contributed by atoms with Gasteiger partial charge in [0.2, 0.25) is 5.95 Å². The number of nitrogens with zero attached hydrogens (tertiary/aromatic N) is 4. The molecule has 0 aliphatic carbocycles. The van der Waals surface area contributed by atoms with Gasteiger partial charge in [-0.3, -0.25) is 0 Å². The highest BCUT2D eigenvalue weighted by Crippen LogP contribution is 2.26. The first kappa shape index (κ1) is 13.1. The Morgan fingerprint density at radius 1 is 1.30 bits per heavy atom. The zero-order valence-electron chi connectivity index (χ0n) is 11.8. The average molecular weight is 273 g/mol. The fourth-order valence-electron chi connectivity index (χ4n) is 2.56. The number of tetrazole rings is 1. The van der Waals surface area contributed by atoms with Crippen molar-refractivity contribution in [3.05, 3.63) is 30.3 Å². The van der Waals surface area contributed by atoms with Gasteiger partial charge in [-0.15, -0.1) is 0 Å². The van der Waals surface area contributed by atoms with Gasteiger partial charge in [-0.1, -0.05) is 23.3 Å². The molecule has 3 rings (SSSR count). The van der Waals surface area contributed by atoms with Gasteiger partial charge in [0, 0.05) is 12.6 Å². The van der Waals surface area contributed by atoms with Gasteiger partial charge in [-0.2, -0.15) is 4.68 Å². The molecule has 106 valence electrons. The van der Waals surface area contributed by atoms with E-state index in [1.54, 1.807) is 4.68 Å². The summed E-state index contributed by atoms with van der Waals surface area (Å²) in [5, 5.41) is 15.3. The third kappa shape index (κ3) is 2.80. The monoisotopic (exact) mass is 273 g/mol. The standard InChI is InChI=1S/C14H19N5O/c1-14(2)10-11(8-9-20-14)15-13-16-17-18-19(13)12-6-4-3-5-7-12/h3-7,11H,8-10H2,1-2H3,(H,15,16,18). The fraction of sp³-hybridized carbons (Fsp3) is 0.500. The molecule has 1 saturated heterocycles. The van der Waals surface area contributed by atoms with E-state index >= 15 is 0 Å². The third-order valence-electron chi connectivity index (χ3n) is 3.50. The number of hydrogen-bond acceptors (Lipinski definition) is 5. The molecule has 6 heteroatoms. The second kappa shape index (κ2) is 5.20. The van der Waals surface area contributed by atoms with Gasteiger partial charge in [0.1, 0.15) is 0 Å². The van der Waals surface area contributed by atoms with Crippen LogP contribution in [0.1, 0.15) is 26.7 Å². The quantitative estimate of drug-likeness (QED) is 0.927. The van der Waals surface area contributed by atoms with Crippen LogP contribution < -0.4 is 5.32 Å².